The van der Waals surface area contributed by atoms with Crippen molar-refractivity contribution in [2.75, 3.05) is 17.7 Å². The molecule has 0 atom stereocenters. The minimum absolute atomic E-state index is 0.463. The smallest absolute Gasteiger partial charge is 0.314 e. The number of carbonyl (C=O) groups excluding carboxylic acids is 2. The number of hydrogen-bond acceptors (Lipinski definition) is 3. The van der Waals surface area contributed by atoms with E-state index in [9.17, 15) is 9.59 Å². The summed E-state index contributed by atoms with van der Waals surface area (Å²) in [4.78, 5) is 23.7. The Morgan fingerprint density at radius 2 is 1.64 bits per heavy atom. The number of hydrogen-bond donors (Lipinski definition) is 2. The molecule has 0 spiro atoms. The van der Waals surface area contributed by atoms with Crippen LogP contribution in [-0.4, -0.2) is 18.9 Å². The summed E-state index contributed by atoms with van der Waals surface area (Å²) in [6.45, 7) is 0. The first-order valence-electron chi connectivity index (χ1n) is 6.45. The van der Waals surface area contributed by atoms with Gasteiger partial charge in [-0.25, -0.2) is 0 Å². The van der Waals surface area contributed by atoms with Gasteiger partial charge in [-0.2, -0.15) is 0 Å². The third-order valence-electron chi connectivity index (χ3n) is 2.84. The van der Waals surface area contributed by atoms with Crippen molar-refractivity contribution in [1.82, 2.24) is 0 Å². The van der Waals surface area contributed by atoms with Gasteiger partial charge in [0, 0.05) is 16.9 Å². The minimum atomic E-state index is -0.773. The Morgan fingerprint density at radius 3 is 2.23 bits per heavy atom. The maximum atomic E-state index is 11.8. The lowest BCUT2D eigenvalue weighted by Crippen LogP contribution is -2.29. The monoisotopic (exact) mass is 294 g/mol. The highest BCUT2D eigenvalue weighted by molar-refractivity contribution is 6.43. The van der Waals surface area contributed by atoms with E-state index in [2.05, 4.69) is 16.6 Å². The summed E-state index contributed by atoms with van der Waals surface area (Å²) in [7, 11) is 1.55. The van der Waals surface area contributed by atoms with Gasteiger partial charge in [-0.15, -0.1) is 6.42 Å². The number of benzene rings is 2. The van der Waals surface area contributed by atoms with Crippen molar-refractivity contribution in [1.29, 1.82) is 0 Å². The molecule has 0 heterocycles. The lowest BCUT2D eigenvalue weighted by molar-refractivity contribution is -0.132. The Bertz CT molecular complexity index is 730. The molecule has 0 radical (unpaired) electrons. The van der Waals surface area contributed by atoms with Gasteiger partial charge in [0.1, 0.15) is 5.75 Å². The van der Waals surface area contributed by atoms with Crippen molar-refractivity contribution < 1.29 is 14.3 Å². The van der Waals surface area contributed by atoms with Crippen LogP contribution in [0.25, 0.3) is 0 Å². The molecule has 2 rings (SSSR count). The molecule has 0 aliphatic heterocycles. The average molecular weight is 294 g/mol. The lowest BCUT2D eigenvalue weighted by atomic mass is 10.2. The fraction of sp³-hybridized carbons (Fsp3) is 0.0588. The van der Waals surface area contributed by atoms with Crippen LogP contribution in [-0.2, 0) is 9.59 Å². The van der Waals surface area contributed by atoms with Crippen molar-refractivity contribution in [3.63, 3.8) is 0 Å². The number of carbonyl (C=O) groups is 2. The zero-order valence-corrected chi connectivity index (χ0v) is 11.9. The third kappa shape index (κ3) is 3.87. The fourth-order valence-corrected chi connectivity index (χ4v) is 1.74. The Kier molecular flexibility index (Phi) is 4.78. The second kappa shape index (κ2) is 6.95. The number of amides is 2. The van der Waals surface area contributed by atoms with Crippen LogP contribution in [0.4, 0.5) is 11.4 Å². The molecule has 0 aromatic heterocycles. The summed E-state index contributed by atoms with van der Waals surface area (Å²) >= 11 is 0. The summed E-state index contributed by atoms with van der Waals surface area (Å²) in [5.41, 5.74) is 1.58. The number of methoxy groups -OCH3 is 1. The maximum absolute atomic E-state index is 11.8. The van der Waals surface area contributed by atoms with Gasteiger partial charge in [0.25, 0.3) is 0 Å². The quantitative estimate of drug-likeness (QED) is 0.674. The van der Waals surface area contributed by atoms with Crippen LogP contribution in [0.15, 0.2) is 48.5 Å². The molecule has 2 aromatic carbocycles. The van der Waals surface area contributed by atoms with Gasteiger partial charge < -0.3 is 15.4 Å². The van der Waals surface area contributed by atoms with Crippen molar-refractivity contribution in [2.24, 2.45) is 0 Å². The molecule has 2 amide bonds. The molecule has 22 heavy (non-hydrogen) atoms. The summed E-state index contributed by atoms with van der Waals surface area (Å²) in [5, 5.41) is 4.98. The van der Waals surface area contributed by atoms with E-state index in [1.807, 2.05) is 0 Å². The zero-order chi connectivity index (χ0) is 15.9. The highest BCUT2D eigenvalue weighted by Crippen LogP contribution is 2.15. The number of anilines is 2. The number of rotatable bonds is 3. The molecule has 2 N–H and O–H groups in total. The van der Waals surface area contributed by atoms with Crippen LogP contribution >= 0.6 is 0 Å². The van der Waals surface area contributed by atoms with Crippen LogP contribution in [0.2, 0.25) is 0 Å². The van der Waals surface area contributed by atoms with E-state index < -0.39 is 11.8 Å². The molecule has 0 saturated carbocycles. The van der Waals surface area contributed by atoms with Crippen molar-refractivity contribution in [3.8, 4) is 18.1 Å². The molecule has 0 unspecified atom stereocenters. The average Bonchev–Trinajstić information content (AvgIpc) is 2.55. The van der Waals surface area contributed by atoms with Crippen molar-refractivity contribution >= 4 is 23.2 Å². The number of nitrogens with one attached hydrogen (secondary N) is 2. The largest absolute Gasteiger partial charge is 0.497 e. The van der Waals surface area contributed by atoms with Gasteiger partial charge in [0.05, 0.1) is 7.11 Å². The van der Waals surface area contributed by atoms with E-state index in [1.165, 1.54) is 0 Å². The molecule has 0 bridgehead atoms. The number of terminal acetylenes is 1. The second-order valence-corrected chi connectivity index (χ2v) is 4.36. The summed E-state index contributed by atoms with van der Waals surface area (Å²) in [5.74, 6) is 1.58. The van der Waals surface area contributed by atoms with Gasteiger partial charge >= 0.3 is 11.8 Å². The van der Waals surface area contributed by atoms with Gasteiger partial charge in [0.2, 0.25) is 0 Å². The van der Waals surface area contributed by atoms with Gasteiger partial charge in [-0.3, -0.25) is 9.59 Å². The maximum Gasteiger partial charge on any atom is 0.314 e. The van der Waals surface area contributed by atoms with Gasteiger partial charge in [-0.05, 0) is 42.5 Å². The Balaban J connectivity index is 1.99. The first kappa shape index (κ1) is 15.1. The Hall–Kier alpha value is -3.26. The van der Waals surface area contributed by atoms with Crippen LogP contribution in [0.5, 0.6) is 5.75 Å². The van der Waals surface area contributed by atoms with Crippen LogP contribution in [0.3, 0.4) is 0 Å². The Labute approximate surface area is 128 Å². The van der Waals surface area contributed by atoms with E-state index in [4.69, 9.17) is 11.2 Å². The van der Waals surface area contributed by atoms with E-state index in [0.717, 1.165) is 0 Å². The SMILES string of the molecule is C#Cc1cccc(NC(=O)C(=O)Nc2ccc(OC)cc2)c1. The first-order valence-corrected chi connectivity index (χ1v) is 6.45. The molecule has 0 aliphatic carbocycles. The zero-order valence-electron chi connectivity index (χ0n) is 11.9. The first-order chi connectivity index (χ1) is 10.6. The second-order valence-electron chi connectivity index (χ2n) is 4.36. The van der Waals surface area contributed by atoms with E-state index >= 15 is 0 Å². The molecular weight excluding hydrogens is 280 g/mol. The highest BCUT2D eigenvalue weighted by atomic mass is 16.5. The molecule has 2 aromatic rings. The van der Waals surface area contributed by atoms with Crippen LogP contribution < -0.4 is 15.4 Å². The van der Waals surface area contributed by atoms with Gasteiger partial charge in [-0.1, -0.05) is 12.0 Å². The third-order valence-corrected chi connectivity index (χ3v) is 2.84. The Morgan fingerprint density at radius 1 is 1.00 bits per heavy atom. The minimum Gasteiger partial charge on any atom is -0.497 e. The van der Waals surface area contributed by atoms with Gasteiger partial charge in [0.15, 0.2) is 0 Å². The molecule has 0 aliphatic rings. The summed E-state index contributed by atoms with van der Waals surface area (Å²) in [6, 6.07) is 13.3. The fourth-order valence-electron chi connectivity index (χ4n) is 1.74. The van der Waals surface area contributed by atoms with E-state index in [0.29, 0.717) is 22.7 Å². The predicted octanol–water partition coefficient (Wildman–Crippen LogP) is 2.25. The molecule has 5 nitrogen and oxygen atoms in total. The number of ether oxygens (including phenoxy) is 1. The van der Waals surface area contributed by atoms with Crippen LogP contribution in [0.1, 0.15) is 5.56 Å². The topological polar surface area (TPSA) is 67.4 Å². The van der Waals surface area contributed by atoms with Crippen molar-refractivity contribution in [2.45, 2.75) is 0 Å². The highest BCUT2D eigenvalue weighted by Gasteiger charge is 2.14. The normalized spacial score (nSPS) is 9.45. The van der Waals surface area contributed by atoms with E-state index in [-0.39, 0.29) is 0 Å². The predicted molar refractivity (Wildman–Crippen MR) is 84.6 cm³/mol. The summed E-state index contributed by atoms with van der Waals surface area (Å²) < 4.78 is 5.01. The lowest BCUT2D eigenvalue weighted by Gasteiger charge is -2.07. The standard InChI is InChI=1S/C17H14N2O3/c1-3-12-5-4-6-14(11-12)19-17(21)16(20)18-13-7-9-15(22-2)10-8-13/h1,4-11H,2H3,(H,18,20)(H,19,21). The van der Waals surface area contributed by atoms with Crippen molar-refractivity contribution in [3.05, 3.63) is 54.1 Å². The summed E-state index contributed by atoms with van der Waals surface area (Å²) in [6.07, 6.45) is 5.28. The van der Waals surface area contributed by atoms with E-state index in [1.54, 1.807) is 55.6 Å². The molecule has 0 fully saturated rings. The molecule has 110 valence electrons. The molecule has 0 saturated heterocycles. The van der Waals surface area contributed by atoms with Crippen LogP contribution in [0, 0.1) is 12.3 Å². The molecular formula is C17H14N2O3. The molecule has 5 heteroatoms.